The van der Waals surface area contributed by atoms with Crippen LogP contribution in [0.1, 0.15) is 30.5 Å². The van der Waals surface area contributed by atoms with Crippen LogP contribution >= 0.6 is 11.8 Å². The lowest BCUT2D eigenvalue weighted by molar-refractivity contribution is -0.121. The van der Waals surface area contributed by atoms with Gasteiger partial charge in [0.1, 0.15) is 0 Å². The first-order valence-corrected chi connectivity index (χ1v) is 9.31. The average Bonchev–Trinajstić information content (AvgIpc) is 2.87. The van der Waals surface area contributed by atoms with Crippen molar-refractivity contribution >= 4 is 40.4 Å². The zero-order valence-corrected chi connectivity index (χ0v) is 16.1. The van der Waals surface area contributed by atoms with Gasteiger partial charge in [0.15, 0.2) is 0 Å². The number of benzene rings is 2. The summed E-state index contributed by atoms with van der Waals surface area (Å²) in [5, 5.41) is -0.229. The minimum absolute atomic E-state index is 0.146. The fraction of sp³-hybridized carbons (Fsp3) is 0.238. The van der Waals surface area contributed by atoms with E-state index < -0.39 is 0 Å². The summed E-state index contributed by atoms with van der Waals surface area (Å²) in [6.45, 7) is 4.45. The van der Waals surface area contributed by atoms with E-state index in [9.17, 15) is 9.59 Å². The Bertz CT molecular complexity index is 978. The number of imide groups is 1. The van der Waals surface area contributed by atoms with E-state index in [0.29, 0.717) is 4.91 Å². The zero-order valence-electron chi connectivity index (χ0n) is 15.2. The van der Waals surface area contributed by atoms with Gasteiger partial charge in [-0.25, -0.2) is 0 Å². The molecule has 2 aliphatic heterocycles. The van der Waals surface area contributed by atoms with Crippen molar-refractivity contribution in [2.24, 2.45) is 0 Å². The smallest absolute Gasteiger partial charge is 0.293 e. The van der Waals surface area contributed by atoms with Crippen LogP contribution in [-0.4, -0.2) is 30.1 Å². The zero-order chi connectivity index (χ0) is 18.6. The third-order valence-corrected chi connectivity index (χ3v) is 6.24. The lowest BCUT2D eigenvalue weighted by Gasteiger charge is -2.40. The first kappa shape index (κ1) is 16.9. The second kappa shape index (κ2) is 5.74. The Labute approximate surface area is 157 Å². The molecule has 0 spiro atoms. The molecule has 26 heavy (non-hydrogen) atoms. The number of anilines is 2. The first-order chi connectivity index (χ1) is 12.3. The van der Waals surface area contributed by atoms with Crippen LogP contribution in [0, 0.1) is 0 Å². The lowest BCUT2D eigenvalue weighted by atomic mass is 9.73. The van der Waals surface area contributed by atoms with Crippen LogP contribution in [0.4, 0.5) is 16.2 Å². The highest BCUT2D eigenvalue weighted by Crippen LogP contribution is 2.48. The summed E-state index contributed by atoms with van der Waals surface area (Å²) < 4.78 is 0. The van der Waals surface area contributed by atoms with Gasteiger partial charge >= 0.3 is 0 Å². The van der Waals surface area contributed by atoms with Crippen molar-refractivity contribution in [1.82, 2.24) is 4.90 Å². The third kappa shape index (κ3) is 2.38. The van der Waals surface area contributed by atoms with E-state index in [0.717, 1.165) is 27.9 Å². The molecule has 0 saturated carbocycles. The van der Waals surface area contributed by atoms with E-state index in [1.54, 1.807) is 0 Å². The molecule has 2 aromatic carbocycles. The molecular weight excluding hydrogens is 344 g/mol. The SMILES string of the molecule is CN1C(=O)S/C(=C\c2ccc3c(c2)C(C)(C)c2ccccc2N3C)C1=O. The number of para-hydroxylation sites is 1. The second-order valence-electron chi connectivity index (χ2n) is 7.22. The van der Waals surface area contributed by atoms with Crippen LogP contribution in [-0.2, 0) is 10.2 Å². The highest BCUT2D eigenvalue weighted by atomic mass is 32.2. The summed E-state index contributed by atoms with van der Waals surface area (Å²) >= 11 is 0.991. The Morgan fingerprint density at radius 2 is 1.62 bits per heavy atom. The van der Waals surface area contributed by atoms with Gasteiger partial charge in [-0.1, -0.05) is 38.1 Å². The molecule has 2 aromatic rings. The van der Waals surface area contributed by atoms with Crippen LogP contribution in [0.5, 0.6) is 0 Å². The van der Waals surface area contributed by atoms with Crippen molar-refractivity contribution in [2.75, 3.05) is 19.0 Å². The topological polar surface area (TPSA) is 40.6 Å². The fourth-order valence-corrected chi connectivity index (χ4v) is 4.53. The fourth-order valence-electron chi connectivity index (χ4n) is 3.70. The second-order valence-corrected chi connectivity index (χ2v) is 8.21. The van der Waals surface area contributed by atoms with E-state index in [-0.39, 0.29) is 16.6 Å². The summed E-state index contributed by atoms with van der Waals surface area (Å²) in [5.41, 5.74) is 5.65. The molecule has 4 nitrogen and oxygen atoms in total. The molecule has 5 heteroatoms. The molecule has 0 N–H and O–H groups in total. The summed E-state index contributed by atoms with van der Waals surface area (Å²) in [6, 6.07) is 14.7. The maximum atomic E-state index is 12.2. The Morgan fingerprint density at radius 1 is 0.923 bits per heavy atom. The molecule has 2 aliphatic rings. The van der Waals surface area contributed by atoms with Crippen molar-refractivity contribution in [2.45, 2.75) is 19.3 Å². The van der Waals surface area contributed by atoms with Crippen molar-refractivity contribution < 1.29 is 9.59 Å². The lowest BCUT2D eigenvalue weighted by Crippen LogP contribution is -2.30. The van der Waals surface area contributed by atoms with Gasteiger partial charge in [0, 0.05) is 30.9 Å². The van der Waals surface area contributed by atoms with Crippen molar-refractivity contribution in [3.8, 4) is 0 Å². The van der Waals surface area contributed by atoms with Gasteiger partial charge in [-0.15, -0.1) is 0 Å². The van der Waals surface area contributed by atoms with Crippen molar-refractivity contribution in [1.29, 1.82) is 0 Å². The van der Waals surface area contributed by atoms with Crippen LogP contribution in [0.15, 0.2) is 47.4 Å². The number of nitrogens with zero attached hydrogens (tertiary/aromatic N) is 2. The molecule has 0 unspecified atom stereocenters. The normalized spacial score (nSPS) is 19.8. The number of hydrogen-bond donors (Lipinski definition) is 0. The molecule has 4 rings (SSSR count). The van der Waals surface area contributed by atoms with Gasteiger partial charge in [0.2, 0.25) is 0 Å². The standard InChI is InChI=1S/C21H20N2O2S/c1-21(2)14-7-5-6-8-16(14)22(3)17-10-9-13(11-15(17)21)12-18-19(24)23(4)20(25)26-18/h5-12H,1-4H3/b18-12-. The van der Waals surface area contributed by atoms with Gasteiger partial charge < -0.3 is 4.90 Å². The quantitative estimate of drug-likeness (QED) is 0.684. The van der Waals surface area contributed by atoms with Crippen molar-refractivity contribution in [3.63, 3.8) is 0 Å². The van der Waals surface area contributed by atoms with Gasteiger partial charge in [-0.05, 0) is 52.7 Å². The monoisotopic (exact) mass is 364 g/mol. The number of hydrogen-bond acceptors (Lipinski definition) is 4. The molecule has 132 valence electrons. The Balaban J connectivity index is 1.82. The molecule has 0 radical (unpaired) electrons. The number of amides is 2. The van der Waals surface area contributed by atoms with Crippen LogP contribution in [0.2, 0.25) is 0 Å². The highest BCUT2D eigenvalue weighted by Gasteiger charge is 2.35. The molecule has 1 fully saturated rings. The van der Waals surface area contributed by atoms with E-state index in [1.807, 2.05) is 12.1 Å². The molecule has 2 heterocycles. The number of likely N-dealkylation sites (N-methyl/N-ethyl adjacent to an activating group) is 1. The van der Waals surface area contributed by atoms with Crippen molar-refractivity contribution in [3.05, 3.63) is 64.1 Å². The summed E-state index contributed by atoms with van der Waals surface area (Å²) in [4.78, 5) is 27.7. The summed E-state index contributed by atoms with van der Waals surface area (Å²) in [5.74, 6) is -0.237. The number of thioether (sulfide) groups is 1. The number of carbonyl (C=O) groups excluding carboxylic acids is 2. The predicted molar refractivity (Wildman–Crippen MR) is 107 cm³/mol. The minimum atomic E-state index is -0.237. The third-order valence-electron chi connectivity index (χ3n) is 5.28. The van der Waals surface area contributed by atoms with Gasteiger partial charge in [-0.3, -0.25) is 14.5 Å². The van der Waals surface area contributed by atoms with E-state index in [1.165, 1.54) is 23.9 Å². The molecular formula is C21H20N2O2S. The Morgan fingerprint density at radius 3 is 2.31 bits per heavy atom. The van der Waals surface area contributed by atoms with Gasteiger partial charge in [-0.2, -0.15) is 0 Å². The largest absolute Gasteiger partial charge is 0.344 e. The van der Waals surface area contributed by atoms with Crippen LogP contribution in [0.3, 0.4) is 0 Å². The molecule has 2 amide bonds. The van der Waals surface area contributed by atoms with Gasteiger partial charge in [0.05, 0.1) is 4.91 Å². The average molecular weight is 364 g/mol. The molecule has 1 saturated heterocycles. The minimum Gasteiger partial charge on any atom is -0.344 e. The Hall–Kier alpha value is -2.53. The maximum absolute atomic E-state index is 12.2. The number of carbonyl (C=O) groups is 2. The number of rotatable bonds is 1. The molecule has 0 bridgehead atoms. The number of fused-ring (bicyclic) bond motifs is 2. The van der Waals surface area contributed by atoms with Crippen LogP contribution < -0.4 is 4.90 Å². The van der Waals surface area contributed by atoms with E-state index >= 15 is 0 Å². The van der Waals surface area contributed by atoms with Gasteiger partial charge in [0.25, 0.3) is 11.1 Å². The van der Waals surface area contributed by atoms with E-state index in [2.05, 4.69) is 62.2 Å². The van der Waals surface area contributed by atoms with Crippen LogP contribution in [0.25, 0.3) is 6.08 Å². The predicted octanol–water partition coefficient (Wildman–Crippen LogP) is 4.76. The Kier molecular flexibility index (Phi) is 3.74. The maximum Gasteiger partial charge on any atom is 0.293 e. The molecule has 0 atom stereocenters. The highest BCUT2D eigenvalue weighted by molar-refractivity contribution is 8.18. The molecule has 0 aromatic heterocycles. The van der Waals surface area contributed by atoms with E-state index in [4.69, 9.17) is 0 Å². The molecule has 0 aliphatic carbocycles. The summed E-state index contributed by atoms with van der Waals surface area (Å²) in [7, 11) is 3.59. The first-order valence-electron chi connectivity index (χ1n) is 8.50. The summed E-state index contributed by atoms with van der Waals surface area (Å²) in [6.07, 6.45) is 1.81.